The molecule has 1 fully saturated rings. The van der Waals surface area contributed by atoms with Gasteiger partial charge < -0.3 is 24.7 Å². The molecule has 1 heterocycles. The second-order valence-electron chi connectivity index (χ2n) is 8.01. The molecule has 2 N–H and O–H groups in total. The average Bonchev–Trinajstić information content (AvgIpc) is 3.20. The summed E-state index contributed by atoms with van der Waals surface area (Å²) in [5.41, 5.74) is 7.11. The van der Waals surface area contributed by atoms with E-state index >= 15 is 0 Å². The Kier molecular flexibility index (Phi) is 7.54. The van der Waals surface area contributed by atoms with Crippen LogP contribution in [-0.2, 0) is 18.9 Å². The first-order valence-corrected chi connectivity index (χ1v) is 11.1. The molecule has 0 radical (unpaired) electrons. The number of hydrogen-bond donors (Lipinski definition) is 1. The molecule has 5 atom stereocenters. The molecular weight excluding hydrogens is 450 g/mol. The fraction of sp³-hybridized carbons (Fsp3) is 0.222. The normalized spacial score (nSPS) is 22.1. The summed E-state index contributed by atoms with van der Waals surface area (Å²) >= 11 is 0. The molecule has 0 bridgehead atoms. The van der Waals surface area contributed by atoms with Crippen molar-refractivity contribution in [1.82, 2.24) is 0 Å². The van der Waals surface area contributed by atoms with E-state index in [1.54, 1.807) is 97.9 Å². The Morgan fingerprint density at radius 2 is 1.09 bits per heavy atom. The summed E-state index contributed by atoms with van der Waals surface area (Å²) in [6, 6.07) is 25.1. The van der Waals surface area contributed by atoms with Crippen molar-refractivity contribution < 1.29 is 33.3 Å². The molecular formula is C27H25NO7. The zero-order valence-corrected chi connectivity index (χ0v) is 19.0. The van der Waals surface area contributed by atoms with Crippen LogP contribution >= 0.6 is 0 Å². The summed E-state index contributed by atoms with van der Waals surface area (Å²) in [6.07, 6.45) is -5.21. The predicted octanol–water partition coefficient (Wildman–Crippen LogP) is 3.37. The summed E-state index contributed by atoms with van der Waals surface area (Å²) in [4.78, 5) is 38.2. The molecule has 3 aromatic carbocycles. The van der Waals surface area contributed by atoms with Gasteiger partial charge in [-0.25, -0.2) is 14.4 Å². The molecule has 3 aromatic rings. The van der Waals surface area contributed by atoms with E-state index in [1.807, 2.05) is 0 Å². The van der Waals surface area contributed by atoms with Crippen LogP contribution in [0.25, 0.3) is 0 Å². The van der Waals surface area contributed by atoms with Crippen LogP contribution in [0, 0.1) is 0 Å². The number of nitrogens with two attached hydrogens (primary N) is 1. The Hall–Kier alpha value is -4.01. The van der Waals surface area contributed by atoms with E-state index in [-0.39, 0.29) is 0 Å². The highest BCUT2D eigenvalue weighted by molar-refractivity contribution is 5.91. The van der Waals surface area contributed by atoms with Crippen LogP contribution in [0.1, 0.15) is 38.0 Å². The highest BCUT2D eigenvalue weighted by Gasteiger charge is 2.51. The van der Waals surface area contributed by atoms with Crippen molar-refractivity contribution in [1.29, 1.82) is 0 Å². The van der Waals surface area contributed by atoms with Crippen LogP contribution in [-0.4, -0.2) is 48.6 Å². The third-order valence-electron chi connectivity index (χ3n) is 5.56. The molecule has 8 nitrogen and oxygen atoms in total. The van der Waals surface area contributed by atoms with E-state index in [1.165, 1.54) is 0 Å². The second kappa shape index (κ2) is 10.9. The Balaban J connectivity index is 1.55. The van der Waals surface area contributed by atoms with E-state index in [4.69, 9.17) is 24.7 Å². The lowest BCUT2D eigenvalue weighted by Gasteiger charge is -2.26. The molecule has 1 saturated heterocycles. The lowest BCUT2D eigenvalue weighted by Crippen LogP contribution is -2.45. The van der Waals surface area contributed by atoms with Gasteiger partial charge in [-0.05, 0) is 43.3 Å². The van der Waals surface area contributed by atoms with Crippen LogP contribution in [0.3, 0.4) is 0 Å². The second-order valence-corrected chi connectivity index (χ2v) is 8.01. The number of rotatable bonds is 7. The van der Waals surface area contributed by atoms with E-state index in [0.717, 1.165) is 0 Å². The number of ether oxygens (including phenoxy) is 4. The molecule has 1 aliphatic heterocycles. The summed E-state index contributed by atoms with van der Waals surface area (Å²) in [7, 11) is 0. The average molecular weight is 475 g/mol. The SMILES string of the molecule is C[C@@H](OC(=O)c1ccccc1)[C@H]1OC(N)[C@H](OC(=O)c2ccccc2)[C@@H]1OC(=O)c1ccccc1. The number of benzene rings is 3. The van der Waals surface area contributed by atoms with Crippen molar-refractivity contribution in [2.45, 2.75) is 37.6 Å². The fourth-order valence-corrected chi connectivity index (χ4v) is 3.77. The number of carbonyl (C=O) groups is 3. The quantitative estimate of drug-likeness (QED) is 0.409. The lowest BCUT2D eigenvalue weighted by atomic mass is 10.1. The van der Waals surface area contributed by atoms with Crippen LogP contribution in [0.15, 0.2) is 91.0 Å². The third kappa shape index (κ3) is 5.74. The number of carbonyl (C=O) groups excluding carboxylic acids is 3. The highest BCUT2D eigenvalue weighted by Crippen LogP contribution is 2.29. The Bertz CT molecular complexity index is 1150. The summed E-state index contributed by atoms with van der Waals surface area (Å²) in [5.74, 6) is -1.88. The van der Waals surface area contributed by atoms with Gasteiger partial charge in [0, 0.05) is 0 Å². The maximum Gasteiger partial charge on any atom is 0.338 e. The van der Waals surface area contributed by atoms with Crippen molar-refractivity contribution in [3.8, 4) is 0 Å². The topological polar surface area (TPSA) is 114 Å². The van der Waals surface area contributed by atoms with Gasteiger partial charge >= 0.3 is 17.9 Å². The summed E-state index contributed by atoms with van der Waals surface area (Å²) in [5, 5.41) is 0. The van der Waals surface area contributed by atoms with Gasteiger partial charge in [0.1, 0.15) is 18.4 Å². The largest absolute Gasteiger partial charge is 0.456 e. The Morgan fingerprint density at radius 1 is 0.686 bits per heavy atom. The van der Waals surface area contributed by atoms with Crippen molar-refractivity contribution in [3.63, 3.8) is 0 Å². The summed E-state index contributed by atoms with van der Waals surface area (Å²) in [6.45, 7) is 1.60. The first kappa shape index (κ1) is 24.1. The minimum Gasteiger partial charge on any atom is -0.456 e. The molecule has 0 saturated carbocycles. The molecule has 180 valence electrons. The van der Waals surface area contributed by atoms with Crippen molar-refractivity contribution in [3.05, 3.63) is 108 Å². The van der Waals surface area contributed by atoms with E-state index < -0.39 is 48.6 Å². The minimum atomic E-state index is -1.13. The van der Waals surface area contributed by atoms with Gasteiger partial charge in [-0.15, -0.1) is 0 Å². The molecule has 8 heteroatoms. The van der Waals surface area contributed by atoms with Gasteiger partial charge in [-0.1, -0.05) is 54.6 Å². The number of hydrogen-bond acceptors (Lipinski definition) is 8. The monoisotopic (exact) mass is 475 g/mol. The fourth-order valence-electron chi connectivity index (χ4n) is 3.77. The van der Waals surface area contributed by atoms with Crippen molar-refractivity contribution in [2.75, 3.05) is 0 Å². The van der Waals surface area contributed by atoms with Gasteiger partial charge in [0.15, 0.2) is 12.2 Å². The maximum atomic E-state index is 12.9. The molecule has 35 heavy (non-hydrogen) atoms. The van der Waals surface area contributed by atoms with E-state index in [0.29, 0.717) is 16.7 Å². The molecule has 0 amide bonds. The van der Waals surface area contributed by atoms with Crippen molar-refractivity contribution in [2.24, 2.45) is 5.73 Å². The van der Waals surface area contributed by atoms with Crippen LogP contribution < -0.4 is 5.73 Å². The maximum absolute atomic E-state index is 12.9. The molecule has 1 aliphatic rings. The standard InChI is InChI=1S/C27H25NO7/c1-17(32-25(29)18-11-5-2-6-12-18)21-22(34-26(30)19-13-7-3-8-14-19)23(24(28)33-21)35-27(31)20-15-9-4-10-16-20/h2-17,21-24H,28H2,1H3/t17-,21-,22-,23-,24?/m1/s1. The first-order chi connectivity index (χ1) is 16.9. The first-order valence-electron chi connectivity index (χ1n) is 11.1. The van der Waals surface area contributed by atoms with Crippen LogP contribution in [0.4, 0.5) is 0 Å². The van der Waals surface area contributed by atoms with E-state index in [9.17, 15) is 14.4 Å². The van der Waals surface area contributed by atoms with Gasteiger partial charge in [0.2, 0.25) is 0 Å². The van der Waals surface area contributed by atoms with Crippen LogP contribution in [0.2, 0.25) is 0 Å². The van der Waals surface area contributed by atoms with Gasteiger partial charge in [-0.2, -0.15) is 0 Å². The van der Waals surface area contributed by atoms with Gasteiger partial charge in [-0.3, -0.25) is 0 Å². The molecule has 1 unspecified atom stereocenters. The molecule has 0 spiro atoms. The van der Waals surface area contributed by atoms with Gasteiger partial charge in [0.05, 0.1) is 16.7 Å². The molecule has 0 aromatic heterocycles. The van der Waals surface area contributed by atoms with E-state index in [2.05, 4.69) is 0 Å². The summed E-state index contributed by atoms with van der Waals surface area (Å²) < 4.78 is 22.7. The third-order valence-corrected chi connectivity index (χ3v) is 5.56. The molecule has 0 aliphatic carbocycles. The zero-order chi connectivity index (χ0) is 24.8. The predicted molar refractivity (Wildman–Crippen MR) is 125 cm³/mol. The minimum absolute atomic E-state index is 0.300. The zero-order valence-electron chi connectivity index (χ0n) is 19.0. The van der Waals surface area contributed by atoms with Crippen LogP contribution in [0.5, 0.6) is 0 Å². The van der Waals surface area contributed by atoms with Crippen molar-refractivity contribution >= 4 is 17.9 Å². The number of esters is 3. The molecule has 4 rings (SSSR count). The smallest absolute Gasteiger partial charge is 0.338 e. The lowest BCUT2D eigenvalue weighted by molar-refractivity contribution is -0.0733. The Labute approximate surface area is 202 Å². The van der Waals surface area contributed by atoms with Gasteiger partial charge in [0.25, 0.3) is 0 Å². The highest BCUT2D eigenvalue weighted by atomic mass is 16.7. The Morgan fingerprint density at radius 3 is 1.54 bits per heavy atom.